The monoisotopic (exact) mass is 494 g/mol. The van der Waals surface area contributed by atoms with Crippen molar-refractivity contribution in [2.45, 2.75) is 18.8 Å². The lowest BCUT2D eigenvalue weighted by Crippen LogP contribution is -2.41. The smallest absolute Gasteiger partial charge is 0.425 e. The molecule has 12 heteroatoms. The number of aromatic nitrogens is 2. The molecule has 0 spiro atoms. The Morgan fingerprint density at radius 3 is 2.35 bits per heavy atom. The predicted octanol–water partition coefficient (Wildman–Crippen LogP) is 3.31. The number of esters is 1. The highest BCUT2D eigenvalue weighted by atomic mass is 35.5. The lowest BCUT2D eigenvalue weighted by Gasteiger charge is -2.22. The lowest BCUT2D eigenvalue weighted by molar-refractivity contribution is -0.209. The van der Waals surface area contributed by atoms with E-state index in [0.29, 0.717) is 16.0 Å². The van der Waals surface area contributed by atoms with Crippen LogP contribution in [0.5, 0.6) is 0 Å². The van der Waals surface area contributed by atoms with Gasteiger partial charge in [0.1, 0.15) is 0 Å². The summed E-state index contributed by atoms with van der Waals surface area (Å²) in [4.78, 5) is 40.7. The second-order valence-electron chi connectivity index (χ2n) is 6.99. The Morgan fingerprint density at radius 2 is 1.76 bits per heavy atom. The number of carbonyl (C=O) groups is 2. The maximum absolute atomic E-state index is 13.2. The van der Waals surface area contributed by atoms with Crippen LogP contribution in [-0.4, -0.2) is 34.1 Å². The zero-order valence-corrected chi connectivity index (χ0v) is 18.1. The molecular formula is C22H18ClF3N4O4. The Kier molecular flexibility index (Phi) is 7.57. The van der Waals surface area contributed by atoms with Crippen molar-refractivity contribution in [1.29, 1.82) is 0 Å². The van der Waals surface area contributed by atoms with Gasteiger partial charge in [0.05, 0.1) is 11.9 Å². The molecule has 1 heterocycles. The molecule has 0 aliphatic carbocycles. The molecule has 0 saturated heterocycles. The summed E-state index contributed by atoms with van der Waals surface area (Å²) in [5.74, 6) is -4.44. The molecule has 3 N–H and O–H groups in total. The number of nitrogens with zero attached hydrogens (tertiary/aromatic N) is 2. The summed E-state index contributed by atoms with van der Waals surface area (Å²) < 4.78 is 43.3. The molecule has 178 valence electrons. The number of nitrogens with two attached hydrogens (primary N) is 1. The lowest BCUT2D eigenvalue weighted by atomic mass is 10.1. The van der Waals surface area contributed by atoms with Crippen molar-refractivity contribution in [3.8, 4) is 11.3 Å². The van der Waals surface area contributed by atoms with E-state index >= 15 is 0 Å². The third kappa shape index (κ3) is 5.93. The number of ether oxygens (including phenoxy) is 1. The van der Waals surface area contributed by atoms with Crippen LogP contribution < -0.4 is 16.6 Å². The number of benzene rings is 2. The van der Waals surface area contributed by atoms with Crippen molar-refractivity contribution in [2.24, 2.45) is 5.73 Å². The number of carbonyl (C=O) groups excluding carboxylic acids is 2. The number of hydrogen-bond donors (Lipinski definition) is 2. The Balaban J connectivity index is 2.03. The number of alkyl halides is 3. The highest BCUT2D eigenvalue weighted by Gasteiger charge is 2.44. The standard InChI is InChI=1S/C22H18ClF3N4O4/c23-15-8-6-14(7-9-15)16-12-29-18(28-11-10-13-4-2-1-3-5-13)19(32)30(16)20(17(27)31)34-21(33)22(24,25)26/h1-9,12,20H,10-11H2,(H2,27,31)(H,28,29). The van der Waals surface area contributed by atoms with E-state index in [2.05, 4.69) is 15.0 Å². The van der Waals surface area contributed by atoms with Crippen LogP contribution in [-0.2, 0) is 20.7 Å². The fourth-order valence-corrected chi connectivity index (χ4v) is 3.16. The van der Waals surface area contributed by atoms with Gasteiger partial charge in [-0.1, -0.05) is 54.1 Å². The zero-order chi connectivity index (χ0) is 24.9. The number of nitrogens with one attached hydrogen (secondary N) is 1. The van der Waals surface area contributed by atoms with E-state index < -0.39 is 29.8 Å². The first-order valence-corrected chi connectivity index (χ1v) is 10.2. The summed E-state index contributed by atoms with van der Waals surface area (Å²) in [6.45, 7) is 0.246. The largest absolute Gasteiger partial charge is 0.491 e. The fraction of sp³-hybridized carbons (Fsp3) is 0.182. The van der Waals surface area contributed by atoms with E-state index in [1.54, 1.807) is 0 Å². The molecule has 1 unspecified atom stereocenters. The molecular weight excluding hydrogens is 477 g/mol. The second-order valence-corrected chi connectivity index (χ2v) is 7.43. The number of hydrogen-bond acceptors (Lipinski definition) is 6. The Bertz CT molecular complexity index is 1230. The molecule has 0 saturated carbocycles. The van der Waals surface area contributed by atoms with E-state index in [4.69, 9.17) is 17.3 Å². The van der Waals surface area contributed by atoms with Crippen LogP contribution in [0.25, 0.3) is 11.3 Å². The first-order chi connectivity index (χ1) is 16.1. The van der Waals surface area contributed by atoms with Crippen molar-refractivity contribution in [3.63, 3.8) is 0 Å². The number of primary amides is 1. The maximum Gasteiger partial charge on any atom is 0.491 e. The van der Waals surface area contributed by atoms with Crippen molar-refractivity contribution < 1.29 is 27.5 Å². The van der Waals surface area contributed by atoms with Gasteiger partial charge in [0.25, 0.3) is 17.7 Å². The van der Waals surface area contributed by atoms with Gasteiger partial charge in [-0.25, -0.2) is 9.78 Å². The highest BCUT2D eigenvalue weighted by Crippen LogP contribution is 2.26. The van der Waals surface area contributed by atoms with Gasteiger partial charge < -0.3 is 15.8 Å². The molecule has 3 rings (SSSR count). The molecule has 0 fully saturated rings. The van der Waals surface area contributed by atoms with Gasteiger partial charge in [-0.15, -0.1) is 0 Å². The van der Waals surface area contributed by atoms with E-state index in [-0.39, 0.29) is 23.6 Å². The van der Waals surface area contributed by atoms with Crippen LogP contribution in [0.4, 0.5) is 19.0 Å². The number of amides is 1. The second kappa shape index (κ2) is 10.4. The molecule has 34 heavy (non-hydrogen) atoms. The van der Waals surface area contributed by atoms with Gasteiger partial charge in [-0.2, -0.15) is 13.2 Å². The topological polar surface area (TPSA) is 116 Å². The summed E-state index contributed by atoms with van der Waals surface area (Å²) in [6.07, 6.45) is -6.15. The average Bonchev–Trinajstić information content (AvgIpc) is 2.79. The van der Waals surface area contributed by atoms with Crippen LogP contribution in [0.15, 0.2) is 65.6 Å². The minimum atomic E-state index is -5.42. The van der Waals surface area contributed by atoms with Crippen molar-refractivity contribution in [1.82, 2.24) is 9.55 Å². The Labute approximate surface area is 196 Å². The van der Waals surface area contributed by atoms with E-state index in [9.17, 15) is 27.6 Å². The van der Waals surface area contributed by atoms with Crippen LogP contribution in [0, 0.1) is 0 Å². The van der Waals surface area contributed by atoms with Gasteiger partial charge in [0.15, 0.2) is 5.82 Å². The third-order valence-electron chi connectivity index (χ3n) is 4.61. The van der Waals surface area contributed by atoms with E-state index in [0.717, 1.165) is 11.8 Å². The van der Waals surface area contributed by atoms with Crippen molar-refractivity contribution in [2.75, 3.05) is 11.9 Å². The van der Waals surface area contributed by atoms with Gasteiger partial charge in [-0.05, 0) is 24.1 Å². The number of rotatable bonds is 8. The summed E-state index contributed by atoms with van der Waals surface area (Å²) in [5, 5.41) is 3.13. The van der Waals surface area contributed by atoms with Crippen LogP contribution in [0.2, 0.25) is 5.02 Å². The molecule has 8 nitrogen and oxygen atoms in total. The normalized spacial score (nSPS) is 12.1. The van der Waals surface area contributed by atoms with E-state index in [1.165, 1.54) is 24.3 Å². The summed E-state index contributed by atoms with van der Waals surface area (Å²) >= 11 is 5.87. The predicted molar refractivity (Wildman–Crippen MR) is 118 cm³/mol. The molecule has 3 aromatic rings. The average molecular weight is 495 g/mol. The third-order valence-corrected chi connectivity index (χ3v) is 4.87. The maximum atomic E-state index is 13.2. The first-order valence-electron chi connectivity index (χ1n) is 9.80. The highest BCUT2D eigenvalue weighted by molar-refractivity contribution is 6.30. The van der Waals surface area contributed by atoms with Crippen molar-refractivity contribution in [3.05, 3.63) is 81.7 Å². The zero-order valence-electron chi connectivity index (χ0n) is 17.4. The number of anilines is 1. The van der Waals surface area contributed by atoms with E-state index in [1.807, 2.05) is 30.3 Å². The first kappa shape index (κ1) is 24.8. The molecule has 0 aliphatic rings. The summed E-state index contributed by atoms with van der Waals surface area (Å²) in [6, 6.07) is 15.1. The molecule has 2 aromatic carbocycles. The molecule has 1 amide bonds. The molecule has 1 atom stereocenters. The summed E-state index contributed by atoms with van der Waals surface area (Å²) in [7, 11) is 0. The van der Waals surface area contributed by atoms with Crippen LogP contribution in [0.1, 0.15) is 11.8 Å². The van der Waals surface area contributed by atoms with Gasteiger partial charge >= 0.3 is 12.1 Å². The van der Waals surface area contributed by atoms with Gasteiger partial charge in [-0.3, -0.25) is 14.2 Å². The molecule has 1 aromatic heterocycles. The van der Waals surface area contributed by atoms with Crippen molar-refractivity contribution >= 4 is 29.3 Å². The Morgan fingerprint density at radius 1 is 1.12 bits per heavy atom. The molecule has 0 aliphatic heterocycles. The minimum Gasteiger partial charge on any atom is -0.425 e. The minimum absolute atomic E-state index is 0.117. The van der Waals surface area contributed by atoms with Crippen LogP contribution >= 0.6 is 11.6 Å². The SMILES string of the molecule is NC(=O)C(OC(=O)C(F)(F)F)n1c(-c2ccc(Cl)cc2)cnc(NCCc2ccccc2)c1=O. The molecule has 0 bridgehead atoms. The quantitative estimate of drug-likeness (QED) is 0.464. The summed E-state index contributed by atoms with van der Waals surface area (Å²) in [5.41, 5.74) is 5.31. The van der Waals surface area contributed by atoms with Crippen LogP contribution in [0.3, 0.4) is 0 Å². The Hall–Kier alpha value is -3.86. The number of halogens is 4. The fourth-order valence-electron chi connectivity index (χ4n) is 3.03. The van der Waals surface area contributed by atoms with Gasteiger partial charge in [0, 0.05) is 17.1 Å². The molecule has 0 radical (unpaired) electrons. The van der Waals surface area contributed by atoms with Gasteiger partial charge in [0.2, 0.25) is 0 Å².